The fourth-order valence-corrected chi connectivity index (χ4v) is 6.70. The lowest BCUT2D eigenvalue weighted by Gasteiger charge is -2.44. The van der Waals surface area contributed by atoms with E-state index in [9.17, 15) is 20.1 Å². The SMILES string of the molecule is C=C1C(=CC=C2CCC[C@]3(C)[C@@H]([C@H](C)C=C[C@@H](O)C(C)(C)C(=O)OCC)CC[C@@H]23)C[C@@H](O)C[C@@H]1O. The van der Waals surface area contributed by atoms with Crippen molar-refractivity contribution in [3.05, 3.63) is 47.6 Å². The molecule has 0 aromatic carbocycles. The van der Waals surface area contributed by atoms with Crippen LogP contribution in [-0.2, 0) is 9.53 Å². The van der Waals surface area contributed by atoms with Gasteiger partial charge >= 0.3 is 5.97 Å². The first-order valence-corrected chi connectivity index (χ1v) is 13.4. The summed E-state index contributed by atoms with van der Waals surface area (Å²) in [6.07, 6.45) is 12.8. The number of hydrogen-bond donors (Lipinski definition) is 3. The molecule has 0 aromatic heterocycles. The Balaban J connectivity index is 1.73. The molecule has 0 aliphatic heterocycles. The second-order valence-electron chi connectivity index (χ2n) is 11.8. The standard InChI is InChI=1S/C30H46O5/c1-7-35-28(34)29(4,5)27(33)15-10-19(2)24-13-14-25-21(9-8-16-30(24,25)6)11-12-22-17-23(31)18-26(32)20(22)3/h10-12,15,19,23-27,31-33H,3,7-9,13-14,16-18H2,1-2,4-6H3/t19-,23-,24-,25+,26+,27-,30-/m1/s1. The van der Waals surface area contributed by atoms with Gasteiger partial charge in [-0.2, -0.15) is 0 Å². The van der Waals surface area contributed by atoms with Crippen LogP contribution in [0.3, 0.4) is 0 Å². The minimum Gasteiger partial charge on any atom is -0.465 e. The van der Waals surface area contributed by atoms with Crippen LogP contribution in [-0.4, -0.2) is 46.2 Å². The van der Waals surface area contributed by atoms with Gasteiger partial charge in [0.1, 0.15) is 0 Å². The van der Waals surface area contributed by atoms with E-state index < -0.39 is 23.7 Å². The van der Waals surface area contributed by atoms with Gasteiger partial charge in [0.05, 0.1) is 30.3 Å². The summed E-state index contributed by atoms with van der Waals surface area (Å²) in [6.45, 7) is 14.2. The van der Waals surface area contributed by atoms with E-state index in [1.807, 2.05) is 0 Å². The lowest BCUT2D eigenvalue weighted by atomic mass is 9.61. The van der Waals surface area contributed by atoms with Crippen LogP contribution in [0.15, 0.2) is 47.6 Å². The molecule has 3 saturated carbocycles. The Morgan fingerprint density at radius 2 is 1.97 bits per heavy atom. The van der Waals surface area contributed by atoms with Gasteiger partial charge in [0.15, 0.2) is 0 Å². The zero-order chi connectivity index (χ0) is 26.0. The molecular formula is C30H46O5. The molecule has 0 radical (unpaired) electrons. The summed E-state index contributed by atoms with van der Waals surface area (Å²) in [6, 6.07) is 0. The van der Waals surface area contributed by atoms with E-state index in [1.165, 1.54) is 12.0 Å². The van der Waals surface area contributed by atoms with Crippen molar-refractivity contribution < 1.29 is 24.9 Å². The van der Waals surface area contributed by atoms with Gasteiger partial charge in [0.25, 0.3) is 0 Å². The van der Waals surface area contributed by atoms with Crippen LogP contribution in [0.4, 0.5) is 0 Å². The highest BCUT2D eigenvalue weighted by atomic mass is 16.5. The number of carbonyl (C=O) groups excluding carboxylic acids is 1. The average Bonchev–Trinajstić information content (AvgIpc) is 3.16. The Labute approximate surface area is 211 Å². The summed E-state index contributed by atoms with van der Waals surface area (Å²) in [7, 11) is 0. The molecule has 7 atom stereocenters. The molecule has 3 fully saturated rings. The number of aliphatic hydroxyl groups is 3. The first kappa shape index (κ1) is 27.9. The number of carbonyl (C=O) groups is 1. The number of hydrogen-bond acceptors (Lipinski definition) is 5. The van der Waals surface area contributed by atoms with Crippen LogP contribution in [0.2, 0.25) is 0 Å². The zero-order valence-corrected chi connectivity index (χ0v) is 22.3. The van der Waals surface area contributed by atoms with Gasteiger partial charge in [-0.05, 0) is 93.6 Å². The minimum atomic E-state index is -0.979. The molecule has 0 aromatic rings. The molecule has 0 amide bonds. The molecule has 0 unspecified atom stereocenters. The van der Waals surface area contributed by atoms with Gasteiger partial charge in [0.2, 0.25) is 0 Å². The maximum Gasteiger partial charge on any atom is 0.314 e. The summed E-state index contributed by atoms with van der Waals surface area (Å²) in [5.41, 5.74) is 2.37. The fraction of sp³-hybridized carbons (Fsp3) is 0.700. The van der Waals surface area contributed by atoms with Gasteiger partial charge < -0.3 is 20.1 Å². The summed E-state index contributed by atoms with van der Waals surface area (Å²) in [5, 5.41) is 31.0. The molecule has 196 valence electrons. The van der Waals surface area contributed by atoms with Crippen molar-refractivity contribution in [3.8, 4) is 0 Å². The summed E-state index contributed by atoms with van der Waals surface area (Å²) < 4.78 is 5.14. The fourth-order valence-electron chi connectivity index (χ4n) is 6.70. The number of ether oxygens (including phenoxy) is 1. The van der Waals surface area contributed by atoms with E-state index in [-0.39, 0.29) is 11.4 Å². The molecule has 3 N–H and O–H groups in total. The van der Waals surface area contributed by atoms with Crippen molar-refractivity contribution in [3.63, 3.8) is 0 Å². The zero-order valence-electron chi connectivity index (χ0n) is 22.3. The molecule has 0 bridgehead atoms. The molecule has 0 spiro atoms. The Bertz CT molecular complexity index is 881. The van der Waals surface area contributed by atoms with Crippen molar-refractivity contribution in [1.82, 2.24) is 0 Å². The highest BCUT2D eigenvalue weighted by Gasteiger charge is 2.50. The Morgan fingerprint density at radius 3 is 2.66 bits per heavy atom. The molecule has 3 aliphatic rings. The van der Waals surface area contributed by atoms with Gasteiger partial charge in [-0.3, -0.25) is 4.79 Å². The van der Waals surface area contributed by atoms with E-state index >= 15 is 0 Å². The highest BCUT2D eigenvalue weighted by Crippen LogP contribution is 2.59. The molecule has 35 heavy (non-hydrogen) atoms. The first-order chi connectivity index (χ1) is 16.4. The summed E-state index contributed by atoms with van der Waals surface area (Å²) in [4.78, 5) is 12.3. The van der Waals surface area contributed by atoms with Crippen molar-refractivity contribution >= 4 is 5.97 Å². The van der Waals surface area contributed by atoms with Crippen LogP contribution in [0.5, 0.6) is 0 Å². The van der Waals surface area contributed by atoms with E-state index in [2.05, 4.69) is 38.7 Å². The molecule has 0 heterocycles. The van der Waals surface area contributed by atoms with Crippen molar-refractivity contribution in [1.29, 1.82) is 0 Å². The predicted molar refractivity (Wildman–Crippen MR) is 139 cm³/mol. The predicted octanol–water partition coefficient (Wildman–Crippen LogP) is 5.27. The Morgan fingerprint density at radius 1 is 1.26 bits per heavy atom. The number of esters is 1. The third-order valence-corrected chi connectivity index (χ3v) is 9.07. The second kappa shape index (κ2) is 11.1. The van der Waals surface area contributed by atoms with Crippen LogP contribution in [0, 0.1) is 28.6 Å². The lowest BCUT2D eigenvalue weighted by Crippen LogP contribution is -2.38. The highest BCUT2D eigenvalue weighted by molar-refractivity contribution is 5.77. The van der Waals surface area contributed by atoms with E-state index in [0.29, 0.717) is 37.2 Å². The van der Waals surface area contributed by atoms with Gasteiger partial charge in [-0.25, -0.2) is 0 Å². The smallest absolute Gasteiger partial charge is 0.314 e. The van der Waals surface area contributed by atoms with Crippen molar-refractivity contribution in [2.45, 2.75) is 97.9 Å². The van der Waals surface area contributed by atoms with Crippen LogP contribution < -0.4 is 0 Å². The quantitative estimate of drug-likeness (QED) is 0.337. The summed E-state index contributed by atoms with van der Waals surface area (Å²) in [5.74, 6) is 0.932. The van der Waals surface area contributed by atoms with Crippen LogP contribution in [0.1, 0.15) is 79.6 Å². The Kier molecular flexibility index (Phi) is 8.88. The topological polar surface area (TPSA) is 87.0 Å². The average molecular weight is 487 g/mol. The van der Waals surface area contributed by atoms with Gasteiger partial charge in [-0.1, -0.05) is 50.3 Å². The molecule has 3 aliphatic carbocycles. The summed E-state index contributed by atoms with van der Waals surface area (Å²) >= 11 is 0. The van der Waals surface area contributed by atoms with E-state index in [4.69, 9.17) is 4.74 Å². The lowest BCUT2D eigenvalue weighted by molar-refractivity contribution is -0.158. The molecule has 3 rings (SSSR count). The number of aliphatic hydroxyl groups excluding tert-OH is 3. The van der Waals surface area contributed by atoms with Crippen molar-refractivity contribution in [2.75, 3.05) is 6.61 Å². The number of fused-ring (bicyclic) bond motifs is 1. The second-order valence-corrected chi connectivity index (χ2v) is 11.8. The van der Waals surface area contributed by atoms with E-state index in [1.54, 1.807) is 26.8 Å². The monoisotopic (exact) mass is 486 g/mol. The largest absolute Gasteiger partial charge is 0.465 e. The van der Waals surface area contributed by atoms with Gasteiger partial charge in [0, 0.05) is 6.42 Å². The Hall–Kier alpha value is -1.69. The number of rotatable bonds is 7. The van der Waals surface area contributed by atoms with Crippen molar-refractivity contribution in [2.24, 2.45) is 28.6 Å². The van der Waals surface area contributed by atoms with Gasteiger partial charge in [-0.15, -0.1) is 0 Å². The van der Waals surface area contributed by atoms with E-state index in [0.717, 1.165) is 36.8 Å². The number of allylic oxidation sites excluding steroid dienone is 4. The maximum absolute atomic E-state index is 12.3. The normalized spacial score (nSPS) is 35.9. The first-order valence-electron chi connectivity index (χ1n) is 13.4. The van der Waals surface area contributed by atoms with Crippen LogP contribution >= 0.6 is 0 Å². The molecule has 0 saturated heterocycles. The minimum absolute atomic E-state index is 0.191. The van der Waals surface area contributed by atoms with Crippen LogP contribution in [0.25, 0.3) is 0 Å². The third-order valence-electron chi connectivity index (χ3n) is 9.07. The molecular weight excluding hydrogens is 440 g/mol. The molecule has 5 heteroatoms. The molecule has 5 nitrogen and oxygen atoms in total. The third kappa shape index (κ3) is 5.84. The maximum atomic E-state index is 12.3.